The van der Waals surface area contributed by atoms with E-state index in [4.69, 9.17) is 4.74 Å². The summed E-state index contributed by atoms with van der Waals surface area (Å²) in [4.78, 5) is 16.9. The Hall–Kier alpha value is -3.36. The lowest BCUT2D eigenvalue weighted by atomic mass is 10.0. The largest absolute Gasteiger partial charge is 0.481 e. The van der Waals surface area contributed by atoms with Crippen LogP contribution in [0.25, 0.3) is 0 Å². The molecule has 1 aromatic carbocycles. The molecule has 140 valence electrons. The highest BCUT2D eigenvalue weighted by molar-refractivity contribution is 5.80. The van der Waals surface area contributed by atoms with E-state index in [1.807, 2.05) is 0 Å². The first-order valence-corrected chi connectivity index (χ1v) is 8.32. The number of benzene rings is 1. The van der Waals surface area contributed by atoms with E-state index in [9.17, 15) is 9.18 Å². The van der Waals surface area contributed by atoms with Crippen LogP contribution in [0.4, 0.5) is 4.39 Å². The number of ether oxygens (including phenoxy) is 1. The minimum atomic E-state index is -0.658. The molecule has 0 bridgehead atoms. The van der Waals surface area contributed by atoms with Crippen molar-refractivity contribution in [3.05, 3.63) is 65.4 Å². The molecule has 0 aliphatic carbocycles. The number of halogens is 1. The van der Waals surface area contributed by atoms with Crippen molar-refractivity contribution in [2.24, 2.45) is 0 Å². The van der Waals surface area contributed by atoms with Gasteiger partial charge in [-0.3, -0.25) is 4.79 Å². The quantitative estimate of drug-likeness (QED) is 0.679. The summed E-state index contributed by atoms with van der Waals surface area (Å²) < 4.78 is 19.7. The topological polar surface area (TPSA) is 94.8 Å². The summed E-state index contributed by atoms with van der Waals surface area (Å²) >= 11 is 0. The normalized spacial score (nSPS) is 11.8. The van der Waals surface area contributed by atoms with Gasteiger partial charge in [-0.25, -0.2) is 14.1 Å². The second kappa shape index (κ2) is 8.35. The van der Waals surface area contributed by atoms with Crippen molar-refractivity contribution in [1.82, 2.24) is 30.5 Å². The number of nitrogens with one attached hydrogen (secondary N) is 1. The Kier molecular flexibility index (Phi) is 5.70. The number of tetrazole rings is 1. The Morgan fingerprint density at radius 1 is 1.26 bits per heavy atom. The van der Waals surface area contributed by atoms with Crippen LogP contribution in [0.15, 0.2) is 42.6 Å². The highest BCUT2D eigenvalue weighted by atomic mass is 19.1. The maximum absolute atomic E-state index is 13.2. The summed E-state index contributed by atoms with van der Waals surface area (Å²) in [6.07, 6.45) is 1.94. The average molecular weight is 370 g/mol. The second-order valence-electron chi connectivity index (χ2n) is 5.94. The van der Waals surface area contributed by atoms with Gasteiger partial charge in [0, 0.05) is 25.2 Å². The van der Waals surface area contributed by atoms with Crippen LogP contribution in [0.3, 0.4) is 0 Å². The van der Waals surface area contributed by atoms with E-state index < -0.39 is 6.04 Å². The molecule has 3 rings (SSSR count). The molecule has 0 spiro atoms. The van der Waals surface area contributed by atoms with E-state index in [0.717, 1.165) is 11.1 Å². The maximum Gasteiger partial charge on any atom is 0.245 e. The second-order valence-corrected chi connectivity index (χ2v) is 5.94. The average Bonchev–Trinajstić information content (AvgIpc) is 3.11. The van der Waals surface area contributed by atoms with Crippen molar-refractivity contribution in [1.29, 1.82) is 0 Å². The zero-order chi connectivity index (χ0) is 19.2. The maximum atomic E-state index is 13.2. The van der Waals surface area contributed by atoms with Gasteiger partial charge in [-0.15, -0.1) is 5.10 Å². The number of amides is 1. The third-order valence-corrected chi connectivity index (χ3v) is 4.07. The number of methoxy groups -OCH3 is 1. The van der Waals surface area contributed by atoms with Crippen LogP contribution in [0.1, 0.15) is 23.0 Å². The SMILES string of the molecule is COc1cc(CNC(=O)C(Cc2ccc(F)cc2)n2nnnc2C)ccn1. The zero-order valence-electron chi connectivity index (χ0n) is 15.0. The van der Waals surface area contributed by atoms with Gasteiger partial charge >= 0.3 is 0 Å². The molecule has 1 unspecified atom stereocenters. The molecule has 27 heavy (non-hydrogen) atoms. The molecule has 1 amide bonds. The van der Waals surface area contributed by atoms with Gasteiger partial charge in [0.25, 0.3) is 0 Å². The number of nitrogens with zero attached hydrogens (tertiary/aromatic N) is 5. The van der Waals surface area contributed by atoms with Crippen molar-refractivity contribution >= 4 is 5.91 Å². The van der Waals surface area contributed by atoms with Crippen molar-refractivity contribution in [3.8, 4) is 5.88 Å². The Morgan fingerprint density at radius 3 is 2.70 bits per heavy atom. The van der Waals surface area contributed by atoms with E-state index >= 15 is 0 Å². The minimum absolute atomic E-state index is 0.245. The molecular formula is C18H19FN6O2. The fourth-order valence-corrected chi connectivity index (χ4v) is 2.64. The van der Waals surface area contributed by atoms with E-state index in [2.05, 4.69) is 25.8 Å². The van der Waals surface area contributed by atoms with Crippen molar-refractivity contribution < 1.29 is 13.9 Å². The molecule has 0 saturated carbocycles. The number of aromatic nitrogens is 5. The number of rotatable bonds is 7. The number of carbonyl (C=O) groups excluding carboxylic acids is 1. The lowest BCUT2D eigenvalue weighted by Gasteiger charge is -2.18. The summed E-state index contributed by atoms with van der Waals surface area (Å²) in [6.45, 7) is 2.03. The van der Waals surface area contributed by atoms with Gasteiger partial charge < -0.3 is 10.1 Å². The van der Waals surface area contributed by atoms with E-state index in [-0.39, 0.29) is 11.7 Å². The van der Waals surface area contributed by atoms with Gasteiger partial charge in [-0.05, 0) is 46.7 Å². The van der Waals surface area contributed by atoms with Crippen LogP contribution in [0.2, 0.25) is 0 Å². The predicted octanol–water partition coefficient (Wildman–Crippen LogP) is 1.62. The van der Waals surface area contributed by atoms with Crippen LogP contribution in [0.5, 0.6) is 5.88 Å². The van der Waals surface area contributed by atoms with Gasteiger partial charge in [-0.1, -0.05) is 12.1 Å². The van der Waals surface area contributed by atoms with Crippen LogP contribution in [-0.2, 0) is 17.8 Å². The van der Waals surface area contributed by atoms with Gasteiger partial charge in [-0.2, -0.15) is 0 Å². The van der Waals surface area contributed by atoms with E-state index in [1.165, 1.54) is 23.9 Å². The number of hydrogen-bond acceptors (Lipinski definition) is 6. The zero-order valence-corrected chi connectivity index (χ0v) is 15.0. The molecule has 0 saturated heterocycles. The monoisotopic (exact) mass is 370 g/mol. The Balaban J connectivity index is 1.76. The van der Waals surface area contributed by atoms with Gasteiger partial charge in [0.15, 0.2) is 0 Å². The number of carbonyl (C=O) groups is 1. The Labute approximate surface area is 155 Å². The third-order valence-electron chi connectivity index (χ3n) is 4.07. The third kappa shape index (κ3) is 4.63. The molecule has 2 heterocycles. The highest BCUT2D eigenvalue weighted by Gasteiger charge is 2.24. The Bertz CT molecular complexity index is 912. The van der Waals surface area contributed by atoms with Gasteiger partial charge in [0.2, 0.25) is 11.8 Å². The lowest BCUT2D eigenvalue weighted by molar-refractivity contribution is -0.124. The van der Waals surface area contributed by atoms with Crippen LogP contribution < -0.4 is 10.1 Å². The molecule has 0 aliphatic rings. The minimum Gasteiger partial charge on any atom is -0.481 e. The fourth-order valence-electron chi connectivity index (χ4n) is 2.64. The van der Waals surface area contributed by atoms with Crippen molar-refractivity contribution in [3.63, 3.8) is 0 Å². The predicted molar refractivity (Wildman–Crippen MR) is 94.3 cm³/mol. The molecule has 8 nitrogen and oxygen atoms in total. The molecule has 0 aliphatic heterocycles. The van der Waals surface area contributed by atoms with Crippen LogP contribution in [0, 0.1) is 12.7 Å². The first kappa shape index (κ1) is 18.4. The van der Waals surface area contributed by atoms with Crippen LogP contribution in [-0.4, -0.2) is 38.2 Å². The fraction of sp³-hybridized carbons (Fsp3) is 0.278. The van der Waals surface area contributed by atoms with Gasteiger partial charge in [0.1, 0.15) is 17.7 Å². The summed E-state index contributed by atoms with van der Waals surface area (Å²) in [5, 5.41) is 14.3. The summed E-state index contributed by atoms with van der Waals surface area (Å²) in [5.74, 6) is 0.416. The number of hydrogen-bond donors (Lipinski definition) is 1. The molecule has 1 atom stereocenters. The first-order chi connectivity index (χ1) is 13.1. The summed E-state index contributed by atoms with van der Waals surface area (Å²) in [6, 6.07) is 8.89. The molecule has 9 heteroatoms. The first-order valence-electron chi connectivity index (χ1n) is 8.32. The van der Waals surface area contributed by atoms with Crippen molar-refractivity contribution in [2.75, 3.05) is 7.11 Å². The number of pyridine rings is 1. The molecule has 0 radical (unpaired) electrons. The standard InChI is InChI=1S/C18H19FN6O2/c1-12-22-23-24-25(12)16(9-13-3-5-15(19)6-4-13)18(26)21-11-14-7-8-20-17(10-14)27-2/h3-8,10,16H,9,11H2,1-2H3,(H,21,26). The molecule has 1 N–H and O–H groups in total. The van der Waals surface area contributed by atoms with Gasteiger partial charge in [0.05, 0.1) is 7.11 Å². The van der Waals surface area contributed by atoms with E-state index in [1.54, 1.807) is 37.4 Å². The number of aryl methyl sites for hydroxylation is 1. The molecular weight excluding hydrogens is 351 g/mol. The summed E-state index contributed by atoms with van der Waals surface area (Å²) in [5.41, 5.74) is 1.65. The molecule has 0 fully saturated rings. The van der Waals surface area contributed by atoms with Crippen molar-refractivity contribution in [2.45, 2.75) is 25.9 Å². The molecule has 3 aromatic rings. The highest BCUT2D eigenvalue weighted by Crippen LogP contribution is 2.16. The smallest absolute Gasteiger partial charge is 0.245 e. The molecule has 2 aromatic heterocycles. The Morgan fingerprint density at radius 2 is 2.04 bits per heavy atom. The summed E-state index contributed by atoms with van der Waals surface area (Å²) in [7, 11) is 1.53. The lowest BCUT2D eigenvalue weighted by Crippen LogP contribution is -2.34. The van der Waals surface area contributed by atoms with Crippen LogP contribution >= 0.6 is 0 Å². The van der Waals surface area contributed by atoms with E-state index in [0.29, 0.717) is 24.7 Å².